The molecule has 2 aliphatic heterocycles. The number of benzene rings is 1. The fraction of sp³-hybridized carbons (Fsp3) is 0.500. The van der Waals surface area contributed by atoms with E-state index in [0.29, 0.717) is 0 Å². The molecule has 26 heavy (non-hydrogen) atoms. The van der Waals surface area contributed by atoms with E-state index in [2.05, 4.69) is 26.8 Å². The lowest BCUT2D eigenvalue weighted by Crippen LogP contribution is -2.35. The van der Waals surface area contributed by atoms with Crippen LogP contribution in [0.1, 0.15) is 23.2 Å². The highest BCUT2D eigenvalue weighted by molar-refractivity contribution is 5.51. The van der Waals surface area contributed by atoms with Crippen molar-refractivity contribution in [3.8, 4) is 0 Å². The minimum atomic E-state index is -0.225. The Hall–Kier alpha value is -2.05. The zero-order chi connectivity index (χ0) is 18.1. The number of aliphatic hydroxyl groups excluding tert-OH is 1. The van der Waals surface area contributed by atoms with Gasteiger partial charge in [-0.15, -0.1) is 0 Å². The first-order chi connectivity index (χ1) is 12.6. The maximum atomic E-state index is 13.2. The molecule has 1 N–H and O–H groups in total. The number of fused-ring (bicyclic) bond motifs is 1. The highest BCUT2D eigenvalue weighted by Crippen LogP contribution is 2.37. The van der Waals surface area contributed by atoms with E-state index in [0.717, 1.165) is 62.5 Å². The summed E-state index contributed by atoms with van der Waals surface area (Å²) in [5.74, 6) is 0.785. The summed E-state index contributed by atoms with van der Waals surface area (Å²) in [4.78, 5) is 13.6. The molecule has 4 rings (SSSR count). The second kappa shape index (κ2) is 6.93. The number of hydrogen-bond donors (Lipinski definition) is 1. The van der Waals surface area contributed by atoms with Gasteiger partial charge < -0.3 is 14.9 Å². The lowest BCUT2D eigenvalue weighted by molar-refractivity contribution is 0.144. The zero-order valence-electron chi connectivity index (χ0n) is 15.2. The summed E-state index contributed by atoms with van der Waals surface area (Å²) in [5.41, 5.74) is 3.22. The minimum Gasteiger partial charge on any atom is -0.396 e. The van der Waals surface area contributed by atoms with Gasteiger partial charge in [-0.25, -0.2) is 14.4 Å². The van der Waals surface area contributed by atoms with Crippen LogP contribution in [0.4, 0.5) is 10.2 Å². The number of halogens is 1. The Morgan fingerprint density at radius 2 is 2.00 bits per heavy atom. The Balaban J connectivity index is 1.56. The molecule has 0 spiro atoms. The van der Waals surface area contributed by atoms with Crippen molar-refractivity contribution in [3.05, 3.63) is 53.2 Å². The molecular formula is C20H25FN4O. The van der Waals surface area contributed by atoms with Crippen molar-refractivity contribution in [2.45, 2.75) is 25.8 Å². The van der Waals surface area contributed by atoms with Crippen LogP contribution in [-0.4, -0.2) is 53.3 Å². The molecule has 3 heterocycles. The smallest absolute Gasteiger partial charge is 0.136 e. The molecule has 1 aromatic heterocycles. The Bertz CT molecular complexity index is 782. The molecule has 2 aliphatic rings. The molecular weight excluding hydrogens is 331 g/mol. The lowest BCUT2D eigenvalue weighted by atomic mass is 9.81. The summed E-state index contributed by atoms with van der Waals surface area (Å²) in [6.07, 6.45) is 4.26. The van der Waals surface area contributed by atoms with Crippen molar-refractivity contribution in [2.75, 3.05) is 38.2 Å². The minimum absolute atomic E-state index is 0.119. The molecule has 1 fully saturated rings. The van der Waals surface area contributed by atoms with Gasteiger partial charge in [-0.3, -0.25) is 0 Å². The Morgan fingerprint density at radius 1 is 1.19 bits per heavy atom. The van der Waals surface area contributed by atoms with Crippen molar-refractivity contribution in [2.24, 2.45) is 5.41 Å². The summed E-state index contributed by atoms with van der Waals surface area (Å²) in [6.45, 7) is 3.64. The number of rotatable bonds is 4. The standard InChI is InChI=1S/C20H25FN4O/c1-24-8-6-18-17(11-24)19(23-14-22-18)25-9-7-20(12-25,13-26)10-15-2-4-16(21)5-3-15/h2-5,14,26H,6-13H2,1H3. The van der Waals surface area contributed by atoms with Crippen LogP contribution >= 0.6 is 0 Å². The summed E-state index contributed by atoms with van der Waals surface area (Å²) < 4.78 is 13.2. The molecule has 1 atom stereocenters. The van der Waals surface area contributed by atoms with Crippen LogP contribution in [0.25, 0.3) is 0 Å². The maximum Gasteiger partial charge on any atom is 0.136 e. The third-order valence-electron chi connectivity index (χ3n) is 5.74. The quantitative estimate of drug-likeness (QED) is 0.909. The largest absolute Gasteiger partial charge is 0.396 e. The third-order valence-corrected chi connectivity index (χ3v) is 5.74. The lowest BCUT2D eigenvalue weighted by Gasteiger charge is -2.31. The first kappa shape index (κ1) is 17.4. The van der Waals surface area contributed by atoms with Gasteiger partial charge in [0.15, 0.2) is 0 Å². The van der Waals surface area contributed by atoms with E-state index in [1.807, 2.05) is 12.1 Å². The molecule has 0 amide bonds. The van der Waals surface area contributed by atoms with E-state index in [4.69, 9.17) is 0 Å². The van der Waals surface area contributed by atoms with Crippen LogP contribution < -0.4 is 4.90 Å². The average molecular weight is 356 g/mol. The normalized spacial score (nSPS) is 23.3. The summed E-state index contributed by atoms with van der Waals surface area (Å²) in [7, 11) is 2.12. The predicted octanol–water partition coefficient (Wildman–Crippen LogP) is 2.04. The van der Waals surface area contributed by atoms with E-state index in [1.54, 1.807) is 6.33 Å². The van der Waals surface area contributed by atoms with Gasteiger partial charge >= 0.3 is 0 Å². The summed E-state index contributed by atoms with van der Waals surface area (Å²) in [6, 6.07) is 6.61. The molecule has 1 aromatic carbocycles. The molecule has 0 aliphatic carbocycles. The van der Waals surface area contributed by atoms with Gasteiger partial charge in [-0.05, 0) is 37.6 Å². The number of likely N-dealkylation sites (N-methyl/N-ethyl adjacent to an activating group) is 1. The van der Waals surface area contributed by atoms with Crippen LogP contribution in [-0.2, 0) is 19.4 Å². The molecule has 2 aromatic rings. The molecule has 5 nitrogen and oxygen atoms in total. The van der Waals surface area contributed by atoms with Gasteiger partial charge in [0.05, 0.1) is 12.3 Å². The second-order valence-corrected chi connectivity index (χ2v) is 7.74. The molecule has 1 saturated heterocycles. The van der Waals surface area contributed by atoms with E-state index in [9.17, 15) is 9.50 Å². The van der Waals surface area contributed by atoms with E-state index >= 15 is 0 Å². The maximum absolute atomic E-state index is 13.2. The van der Waals surface area contributed by atoms with Crippen LogP contribution in [0.2, 0.25) is 0 Å². The topological polar surface area (TPSA) is 52.5 Å². The highest BCUT2D eigenvalue weighted by atomic mass is 19.1. The van der Waals surface area contributed by atoms with Crippen molar-refractivity contribution in [1.82, 2.24) is 14.9 Å². The van der Waals surface area contributed by atoms with Crippen molar-refractivity contribution in [1.29, 1.82) is 0 Å². The van der Waals surface area contributed by atoms with Gasteiger partial charge in [0, 0.05) is 43.6 Å². The SMILES string of the molecule is CN1CCc2ncnc(N3CCC(CO)(Cc4ccc(F)cc4)C3)c2C1. The summed E-state index contributed by atoms with van der Waals surface area (Å²) in [5, 5.41) is 10.1. The van der Waals surface area contributed by atoms with Crippen LogP contribution in [0, 0.1) is 11.2 Å². The Kier molecular flexibility index (Phi) is 4.63. The zero-order valence-corrected chi connectivity index (χ0v) is 15.2. The van der Waals surface area contributed by atoms with Crippen LogP contribution in [0.3, 0.4) is 0 Å². The first-order valence-electron chi connectivity index (χ1n) is 9.20. The molecule has 6 heteroatoms. The van der Waals surface area contributed by atoms with Crippen LogP contribution in [0.5, 0.6) is 0 Å². The Morgan fingerprint density at radius 3 is 2.77 bits per heavy atom. The summed E-state index contributed by atoms with van der Waals surface area (Å²) >= 11 is 0. The number of nitrogens with zero attached hydrogens (tertiary/aromatic N) is 4. The molecule has 138 valence electrons. The van der Waals surface area contributed by atoms with Gasteiger partial charge in [0.1, 0.15) is 18.0 Å². The van der Waals surface area contributed by atoms with Gasteiger partial charge in [0.2, 0.25) is 0 Å². The van der Waals surface area contributed by atoms with E-state index in [-0.39, 0.29) is 17.8 Å². The van der Waals surface area contributed by atoms with E-state index < -0.39 is 0 Å². The fourth-order valence-corrected chi connectivity index (χ4v) is 4.21. The van der Waals surface area contributed by atoms with Crippen LogP contribution in [0.15, 0.2) is 30.6 Å². The number of aliphatic hydroxyl groups is 1. The number of aromatic nitrogens is 2. The molecule has 1 unspecified atom stereocenters. The fourth-order valence-electron chi connectivity index (χ4n) is 4.21. The monoisotopic (exact) mass is 356 g/mol. The van der Waals surface area contributed by atoms with E-state index in [1.165, 1.54) is 17.7 Å². The number of hydrogen-bond acceptors (Lipinski definition) is 5. The molecule has 0 saturated carbocycles. The molecule has 0 radical (unpaired) electrons. The first-order valence-corrected chi connectivity index (χ1v) is 9.20. The second-order valence-electron chi connectivity index (χ2n) is 7.74. The number of anilines is 1. The van der Waals surface area contributed by atoms with Gasteiger partial charge in [-0.1, -0.05) is 12.1 Å². The van der Waals surface area contributed by atoms with Crippen molar-refractivity contribution < 1.29 is 9.50 Å². The van der Waals surface area contributed by atoms with Crippen molar-refractivity contribution in [3.63, 3.8) is 0 Å². The third kappa shape index (κ3) is 3.31. The average Bonchev–Trinajstić information content (AvgIpc) is 3.07. The highest BCUT2D eigenvalue weighted by Gasteiger charge is 2.39. The van der Waals surface area contributed by atoms with Gasteiger partial charge in [0.25, 0.3) is 0 Å². The Labute approximate surface area is 153 Å². The van der Waals surface area contributed by atoms with Crippen molar-refractivity contribution >= 4 is 5.82 Å². The van der Waals surface area contributed by atoms with Gasteiger partial charge in [-0.2, -0.15) is 0 Å². The molecule has 0 bridgehead atoms. The predicted molar refractivity (Wildman–Crippen MR) is 98.5 cm³/mol.